The van der Waals surface area contributed by atoms with Gasteiger partial charge in [-0.2, -0.15) is 0 Å². The van der Waals surface area contributed by atoms with Crippen LogP contribution < -0.4 is 22.1 Å². The monoisotopic (exact) mass is 367 g/mol. The highest BCUT2D eigenvalue weighted by Gasteiger charge is 2.61. The van der Waals surface area contributed by atoms with Crippen LogP contribution in [0.5, 0.6) is 0 Å². The fourth-order valence-electron chi connectivity index (χ4n) is 6.98. The normalized spacial score (nSPS) is 48.5. The molecule has 7 unspecified atom stereocenters. The summed E-state index contributed by atoms with van der Waals surface area (Å²) < 4.78 is 0. The van der Waals surface area contributed by atoms with E-state index in [2.05, 4.69) is 0 Å². The molecule has 7 N–H and O–H groups in total. The van der Waals surface area contributed by atoms with E-state index in [1.54, 1.807) is 0 Å². The maximum atomic E-state index is 11.9. The summed E-state index contributed by atoms with van der Waals surface area (Å²) in [4.78, 5) is 5.55. The molecule has 0 radical (unpaired) electrons. The molecule has 0 heterocycles. The second kappa shape index (κ2) is 7.62. The lowest BCUT2D eigenvalue weighted by Gasteiger charge is -2.43. The van der Waals surface area contributed by atoms with Gasteiger partial charge in [0.25, 0.3) is 0 Å². The second-order valence-corrected chi connectivity index (χ2v) is 9.64. The molecular weight excluding hydrogens is 330 g/mol. The molecule has 5 saturated carbocycles. The van der Waals surface area contributed by atoms with Crippen LogP contribution in [0.15, 0.2) is 0 Å². The van der Waals surface area contributed by atoms with Gasteiger partial charge in [0.05, 0.1) is 0 Å². The molecule has 7 heteroatoms. The third kappa shape index (κ3) is 3.68. The summed E-state index contributed by atoms with van der Waals surface area (Å²) in [5.74, 6) is 16.7. The predicted molar refractivity (Wildman–Crippen MR) is 98.1 cm³/mol. The summed E-state index contributed by atoms with van der Waals surface area (Å²) in [6.07, 6.45) is 15.6. The zero-order chi connectivity index (χ0) is 18.3. The molecule has 0 aromatic rings. The van der Waals surface area contributed by atoms with Crippen molar-refractivity contribution >= 4 is 0 Å². The Morgan fingerprint density at radius 1 is 0.923 bits per heavy atom. The molecule has 5 aliphatic carbocycles. The predicted octanol–water partition coefficient (Wildman–Crippen LogP) is 1.03. The van der Waals surface area contributed by atoms with Gasteiger partial charge in [-0.05, 0) is 55.3 Å². The van der Waals surface area contributed by atoms with E-state index in [9.17, 15) is 5.21 Å². The van der Waals surface area contributed by atoms with Crippen molar-refractivity contribution in [3.63, 3.8) is 0 Å². The Labute approximate surface area is 157 Å². The van der Waals surface area contributed by atoms with Crippen LogP contribution >= 0.6 is 0 Å². The number of rotatable bonds is 3. The van der Waals surface area contributed by atoms with Crippen molar-refractivity contribution in [3.8, 4) is 0 Å². The molecule has 0 aliphatic heterocycles. The van der Waals surface area contributed by atoms with Gasteiger partial charge in [-0.25, -0.2) is 0 Å². The SMILES string of the molecule is [NH-][NH+](N)[NH+]([O-])OC1(N)CC2CC1C1CCCC3CCC(CCCC21)CC3. The fraction of sp³-hybridized carbons (Fsp3) is 1.00. The van der Waals surface area contributed by atoms with Crippen molar-refractivity contribution in [2.75, 3.05) is 0 Å². The Kier molecular flexibility index (Phi) is 5.59. The average Bonchev–Trinajstić information content (AvgIpc) is 3.09. The van der Waals surface area contributed by atoms with Crippen LogP contribution in [0.2, 0.25) is 0 Å². The molecule has 0 amide bonds. The van der Waals surface area contributed by atoms with Crippen molar-refractivity contribution in [3.05, 3.63) is 11.0 Å². The first-order chi connectivity index (χ1) is 12.5. The van der Waals surface area contributed by atoms with Crippen molar-refractivity contribution < 1.29 is 15.4 Å². The van der Waals surface area contributed by atoms with Gasteiger partial charge in [-0.15, -0.1) is 15.9 Å². The van der Waals surface area contributed by atoms with Crippen LogP contribution in [0.1, 0.15) is 77.0 Å². The highest BCUT2D eigenvalue weighted by Crippen LogP contribution is 2.59. The second-order valence-electron chi connectivity index (χ2n) is 9.64. The molecule has 0 aromatic carbocycles. The van der Waals surface area contributed by atoms with E-state index in [1.165, 1.54) is 64.2 Å². The molecule has 7 nitrogen and oxygen atoms in total. The highest BCUT2D eigenvalue weighted by molar-refractivity contribution is 5.06. The molecule has 0 spiro atoms. The maximum absolute atomic E-state index is 11.9. The van der Waals surface area contributed by atoms with Gasteiger partial charge in [-0.1, -0.05) is 56.7 Å². The number of quaternary nitrogens is 2. The van der Waals surface area contributed by atoms with Gasteiger partial charge in [-0.3, -0.25) is 5.73 Å². The van der Waals surface area contributed by atoms with E-state index < -0.39 is 16.3 Å². The van der Waals surface area contributed by atoms with Crippen molar-refractivity contribution in [1.29, 1.82) is 0 Å². The minimum Gasteiger partial charge on any atom is -0.548 e. The van der Waals surface area contributed by atoms with Gasteiger partial charge in [0.2, 0.25) is 0 Å². The number of hydrogen-bond acceptors (Lipinski definition) is 4. The molecule has 0 saturated heterocycles. The zero-order valence-corrected chi connectivity index (χ0v) is 15.9. The summed E-state index contributed by atoms with van der Waals surface area (Å²) in [5, 5.41) is 10.6. The van der Waals surface area contributed by atoms with Gasteiger partial charge in [0, 0.05) is 5.92 Å². The van der Waals surface area contributed by atoms with Crippen LogP contribution in [0.25, 0.3) is 5.84 Å². The number of fused-ring (bicyclic) bond motifs is 8. The molecule has 5 aliphatic rings. The van der Waals surface area contributed by atoms with E-state index >= 15 is 0 Å². The number of nitrogens with two attached hydrogens (primary N) is 2. The Morgan fingerprint density at radius 3 is 2.08 bits per heavy atom. The topological polar surface area (TPSA) is 117 Å². The standard InChI is InChI=1S/C19H37N5O2/c20-19(26-24(25)23(21)22)12-15-11-18(19)17-6-2-4-14-9-7-13(8-10-14)3-1-5-16(15)17/h13-18,21,23-24H,1-12,20,22H2. The summed E-state index contributed by atoms with van der Waals surface area (Å²) in [5.41, 5.74) is 5.67. The quantitative estimate of drug-likeness (QED) is 0.338. The Balaban J connectivity index is 1.45. The van der Waals surface area contributed by atoms with Crippen LogP contribution in [0, 0.1) is 40.7 Å². The minimum absolute atomic E-state index is 0.251. The van der Waals surface area contributed by atoms with Gasteiger partial charge < -0.3 is 11.0 Å². The fourth-order valence-corrected chi connectivity index (χ4v) is 6.98. The van der Waals surface area contributed by atoms with Gasteiger partial charge in [0.15, 0.2) is 5.72 Å². The molecule has 5 rings (SSSR count). The van der Waals surface area contributed by atoms with E-state index in [0.717, 1.165) is 30.6 Å². The van der Waals surface area contributed by atoms with E-state index in [-0.39, 0.29) is 5.92 Å². The first-order valence-corrected chi connectivity index (χ1v) is 10.8. The average molecular weight is 368 g/mol. The molecule has 7 atom stereocenters. The highest BCUT2D eigenvalue weighted by atomic mass is 16.9. The maximum Gasteiger partial charge on any atom is 0.186 e. The van der Waals surface area contributed by atoms with Gasteiger partial charge >= 0.3 is 0 Å². The molecule has 26 heavy (non-hydrogen) atoms. The van der Waals surface area contributed by atoms with Crippen LogP contribution in [0.4, 0.5) is 0 Å². The van der Waals surface area contributed by atoms with E-state index in [0.29, 0.717) is 11.8 Å². The first-order valence-electron chi connectivity index (χ1n) is 10.8. The summed E-state index contributed by atoms with van der Waals surface area (Å²) in [6.45, 7) is 0. The minimum atomic E-state index is -0.898. The van der Waals surface area contributed by atoms with Crippen LogP contribution in [0.3, 0.4) is 0 Å². The Morgan fingerprint density at radius 2 is 1.50 bits per heavy atom. The van der Waals surface area contributed by atoms with Crippen molar-refractivity contribution in [2.45, 2.75) is 82.8 Å². The van der Waals surface area contributed by atoms with Crippen LogP contribution in [-0.2, 0) is 4.84 Å². The molecule has 5 fully saturated rings. The third-order valence-corrected chi connectivity index (χ3v) is 8.21. The van der Waals surface area contributed by atoms with Crippen molar-refractivity contribution in [2.24, 2.45) is 47.1 Å². The Hall–Kier alpha value is -0.280. The summed E-state index contributed by atoms with van der Waals surface area (Å²) in [6, 6.07) is 0. The lowest BCUT2D eigenvalue weighted by molar-refractivity contribution is -1.55. The van der Waals surface area contributed by atoms with E-state index in [4.69, 9.17) is 22.3 Å². The lowest BCUT2D eigenvalue weighted by Crippen LogP contribution is -3.58. The molecular formula is C19H37N5O2. The zero-order valence-electron chi connectivity index (χ0n) is 15.9. The van der Waals surface area contributed by atoms with E-state index in [1.807, 2.05) is 0 Å². The first kappa shape index (κ1) is 19.1. The smallest absolute Gasteiger partial charge is 0.186 e. The molecule has 4 bridgehead atoms. The largest absolute Gasteiger partial charge is 0.548 e. The Bertz CT molecular complexity index is 485. The number of nitrogens with one attached hydrogen (secondary N) is 3. The summed E-state index contributed by atoms with van der Waals surface area (Å²) in [7, 11) is 0. The lowest BCUT2D eigenvalue weighted by atomic mass is 9.69. The third-order valence-electron chi connectivity index (χ3n) is 8.21. The van der Waals surface area contributed by atoms with Crippen molar-refractivity contribution in [1.82, 2.24) is 0 Å². The van der Waals surface area contributed by atoms with Crippen LogP contribution in [-0.4, -0.2) is 5.72 Å². The molecule has 0 aromatic heterocycles. The summed E-state index contributed by atoms with van der Waals surface area (Å²) >= 11 is 0. The van der Waals surface area contributed by atoms with Gasteiger partial charge in [0.1, 0.15) is 0 Å². The number of hydrogen-bond donors (Lipinski definition) is 4. The molecule has 150 valence electrons.